The molecule has 0 atom stereocenters. The van der Waals surface area contributed by atoms with E-state index >= 15 is 0 Å². The van der Waals surface area contributed by atoms with Crippen LogP contribution in [0.2, 0.25) is 0 Å². The van der Waals surface area contributed by atoms with E-state index in [-0.39, 0.29) is 11.2 Å². The Labute approximate surface area is 88.6 Å². The molecule has 0 radical (unpaired) electrons. The highest BCUT2D eigenvalue weighted by Crippen LogP contribution is 2.22. The first kappa shape index (κ1) is 11.5. The Bertz CT molecular complexity index is 354. The Morgan fingerprint density at radius 1 is 1.27 bits per heavy atom. The van der Waals surface area contributed by atoms with E-state index < -0.39 is 4.92 Å². The normalized spacial score (nSPS) is 11.2. The minimum atomic E-state index is -0.429. The molecule has 0 aromatic heterocycles. The third-order valence-corrected chi connectivity index (χ3v) is 2.06. The van der Waals surface area contributed by atoms with E-state index in [4.69, 9.17) is 5.84 Å². The van der Waals surface area contributed by atoms with Gasteiger partial charge in [0.2, 0.25) is 0 Å². The smallest absolute Gasteiger partial charge is 0.269 e. The first-order chi connectivity index (χ1) is 6.82. The number of hydrogen-bond donors (Lipinski definition) is 1. The van der Waals surface area contributed by atoms with Crippen LogP contribution in [0.15, 0.2) is 24.3 Å². The molecular weight excluding hydrogens is 194 g/mol. The van der Waals surface area contributed by atoms with E-state index in [2.05, 4.69) is 0 Å². The first-order valence-electron chi connectivity index (χ1n) is 4.62. The first-order valence-corrected chi connectivity index (χ1v) is 4.62. The van der Waals surface area contributed by atoms with Gasteiger partial charge in [-0.15, -0.1) is 0 Å². The zero-order valence-electron chi connectivity index (χ0n) is 9.10. The number of rotatable bonds is 2. The molecule has 2 N–H and O–H groups in total. The van der Waals surface area contributed by atoms with Gasteiger partial charge in [0, 0.05) is 17.7 Å². The van der Waals surface area contributed by atoms with E-state index in [1.807, 2.05) is 20.8 Å². The summed E-state index contributed by atoms with van der Waals surface area (Å²) >= 11 is 0. The Morgan fingerprint density at radius 3 is 2.07 bits per heavy atom. The third-order valence-electron chi connectivity index (χ3n) is 2.06. The lowest BCUT2D eigenvalue weighted by Gasteiger charge is -2.32. The predicted octanol–water partition coefficient (Wildman–Crippen LogP) is 2.07. The Morgan fingerprint density at radius 2 is 1.73 bits per heavy atom. The van der Waals surface area contributed by atoms with E-state index in [9.17, 15) is 10.1 Å². The van der Waals surface area contributed by atoms with Crippen LogP contribution in [0, 0.1) is 10.1 Å². The van der Waals surface area contributed by atoms with Crippen molar-refractivity contribution >= 4 is 11.4 Å². The minimum Gasteiger partial charge on any atom is -0.306 e. The van der Waals surface area contributed by atoms with Gasteiger partial charge in [0.15, 0.2) is 0 Å². The van der Waals surface area contributed by atoms with Gasteiger partial charge >= 0.3 is 0 Å². The van der Waals surface area contributed by atoms with Crippen LogP contribution in [0.4, 0.5) is 11.4 Å². The molecule has 0 bridgehead atoms. The quantitative estimate of drug-likeness (QED) is 0.459. The molecule has 0 saturated carbocycles. The highest BCUT2D eigenvalue weighted by atomic mass is 16.6. The maximum Gasteiger partial charge on any atom is 0.269 e. The van der Waals surface area contributed by atoms with Crippen molar-refractivity contribution in [2.75, 3.05) is 5.01 Å². The highest BCUT2D eigenvalue weighted by molar-refractivity contribution is 5.51. The average molecular weight is 209 g/mol. The van der Waals surface area contributed by atoms with E-state index in [0.29, 0.717) is 0 Å². The second kappa shape index (κ2) is 3.86. The summed E-state index contributed by atoms with van der Waals surface area (Å²) in [5.74, 6) is 5.86. The number of hydrazine groups is 1. The number of nitro groups is 1. The third kappa shape index (κ3) is 2.66. The average Bonchev–Trinajstić information content (AvgIpc) is 2.15. The van der Waals surface area contributed by atoms with Crippen molar-refractivity contribution in [3.63, 3.8) is 0 Å². The highest BCUT2D eigenvalue weighted by Gasteiger charge is 2.18. The molecule has 15 heavy (non-hydrogen) atoms. The van der Waals surface area contributed by atoms with Crippen molar-refractivity contribution in [1.29, 1.82) is 0 Å². The lowest BCUT2D eigenvalue weighted by atomic mass is 10.1. The number of hydrogen-bond acceptors (Lipinski definition) is 4. The molecule has 0 aliphatic carbocycles. The Hall–Kier alpha value is -1.62. The molecule has 0 amide bonds. The molecule has 1 aromatic carbocycles. The van der Waals surface area contributed by atoms with Crippen LogP contribution in [-0.2, 0) is 0 Å². The van der Waals surface area contributed by atoms with Crippen molar-refractivity contribution in [3.8, 4) is 0 Å². The molecule has 1 rings (SSSR count). The van der Waals surface area contributed by atoms with Crippen molar-refractivity contribution in [2.24, 2.45) is 5.84 Å². The van der Waals surface area contributed by atoms with E-state index in [1.54, 1.807) is 17.1 Å². The zero-order valence-corrected chi connectivity index (χ0v) is 9.10. The summed E-state index contributed by atoms with van der Waals surface area (Å²) in [7, 11) is 0. The van der Waals surface area contributed by atoms with Crippen LogP contribution in [-0.4, -0.2) is 10.5 Å². The molecule has 0 heterocycles. The molecule has 5 nitrogen and oxygen atoms in total. The van der Waals surface area contributed by atoms with Gasteiger partial charge in [-0.3, -0.25) is 10.1 Å². The number of nitro benzene ring substituents is 1. The van der Waals surface area contributed by atoms with Gasteiger partial charge in [-0.05, 0) is 32.9 Å². The van der Waals surface area contributed by atoms with Crippen molar-refractivity contribution in [3.05, 3.63) is 34.4 Å². The second-order valence-electron chi connectivity index (χ2n) is 4.31. The summed E-state index contributed by atoms with van der Waals surface area (Å²) in [4.78, 5) is 10.0. The molecule has 82 valence electrons. The lowest BCUT2D eigenvalue weighted by molar-refractivity contribution is -0.384. The molecule has 0 saturated heterocycles. The fourth-order valence-corrected chi connectivity index (χ4v) is 1.12. The summed E-state index contributed by atoms with van der Waals surface area (Å²) in [5.41, 5.74) is 0.616. The lowest BCUT2D eigenvalue weighted by Crippen LogP contribution is -2.46. The fraction of sp³-hybridized carbons (Fsp3) is 0.400. The summed E-state index contributed by atoms with van der Waals surface area (Å²) in [6, 6.07) is 6.18. The number of nitrogens with zero attached hydrogens (tertiary/aromatic N) is 2. The van der Waals surface area contributed by atoms with Crippen LogP contribution in [0.25, 0.3) is 0 Å². The second-order valence-corrected chi connectivity index (χ2v) is 4.31. The predicted molar refractivity (Wildman–Crippen MR) is 59.5 cm³/mol. The van der Waals surface area contributed by atoms with E-state index in [1.165, 1.54) is 12.1 Å². The van der Waals surface area contributed by atoms with Crippen molar-refractivity contribution < 1.29 is 4.92 Å². The monoisotopic (exact) mass is 209 g/mol. The molecule has 1 aromatic rings. The van der Waals surface area contributed by atoms with Crippen LogP contribution in [0.3, 0.4) is 0 Å². The van der Waals surface area contributed by atoms with Gasteiger partial charge < -0.3 is 5.01 Å². The topological polar surface area (TPSA) is 72.4 Å². The number of nitrogens with two attached hydrogens (primary N) is 1. The number of benzene rings is 1. The summed E-state index contributed by atoms with van der Waals surface area (Å²) in [6.45, 7) is 5.90. The molecule has 0 aliphatic heterocycles. The van der Waals surface area contributed by atoms with Crippen LogP contribution < -0.4 is 10.9 Å². The molecule has 0 spiro atoms. The zero-order chi connectivity index (χ0) is 11.6. The van der Waals surface area contributed by atoms with Crippen molar-refractivity contribution in [2.45, 2.75) is 26.3 Å². The van der Waals surface area contributed by atoms with Crippen molar-refractivity contribution in [1.82, 2.24) is 0 Å². The van der Waals surface area contributed by atoms with Gasteiger partial charge in [0.25, 0.3) is 5.69 Å². The molecule has 0 unspecified atom stereocenters. The van der Waals surface area contributed by atoms with Gasteiger partial charge in [-0.1, -0.05) is 0 Å². The van der Waals surface area contributed by atoms with Gasteiger partial charge in [0.1, 0.15) is 0 Å². The summed E-state index contributed by atoms with van der Waals surface area (Å²) < 4.78 is 0. The standard InChI is InChI=1S/C10H15N3O2/c1-10(2,3)12(11)8-4-6-9(7-5-8)13(14)15/h4-7H,11H2,1-3H3. The Balaban J connectivity index is 2.94. The van der Waals surface area contributed by atoms with Gasteiger partial charge in [0.05, 0.1) is 10.6 Å². The number of non-ortho nitro benzene ring substituents is 1. The maximum atomic E-state index is 10.4. The van der Waals surface area contributed by atoms with Crippen LogP contribution in [0.5, 0.6) is 0 Å². The van der Waals surface area contributed by atoms with Gasteiger partial charge in [-0.2, -0.15) is 0 Å². The minimum absolute atomic E-state index is 0.0704. The molecule has 0 fully saturated rings. The van der Waals surface area contributed by atoms with E-state index in [0.717, 1.165) is 5.69 Å². The summed E-state index contributed by atoms with van der Waals surface area (Å²) in [5, 5.41) is 12.0. The SMILES string of the molecule is CC(C)(C)N(N)c1ccc([N+](=O)[O-])cc1. The van der Waals surface area contributed by atoms with Crippen LogP contribution >= 0.6 is 0 Å². The number of anilines is 1. The molecular formula is C10H15N3O2. The molecule has 5 heteroatoms. The van der Waals surface area contributed by atoms with Gasteiger partial charge in [-0.25, -0.2) is 5.84 Å². The Kier molecular flexibility index (Phi) is 2.95. The van der Waals surface area contributed by atoms with Crippen LogP contribution in [0.1, 0.15) is 20.8 Å². The molecule has 0 aliphatic rings. The maximum absolute atomic E-state index is 10.4. The largest absolute Gasteiger partial charge is 0.306 e. The summed E-state index contributed by atoms with van der Waals surface area (Å²) in [6.07, 6.45) is 0. The fourth-order valence-electron chi connectivity index (χ4n) is 1.12.